The summed E-state index contributed by atoms with van der Waals surface area (Å²) in [7, 11) is 0. The van der Waals surface area contributed by atoms with E-state index >= 15 is 0 Å². The smallest absolute Gasteiger partial charge is 0.137 e. The number of nitrogens with zero attached hydrogens (tertiary/aromatic N) is 2. The third-order valence-corrected chi connectivity index (χ3v) is 8.39. The summed E-state index contributed by atoms with van der Waals surface area (Å²) in [6.07, 6.45) is 0. The van der Waals surface area contributed by atoms with Gasteiger partial charge in [-0.2, -0.15) is 0 Å². The summed E-state index contributed by atoms with van der Waals surface area (Å²) in [6.45, 7) is 10.4. The maximum atomic E-state index is 7.00. The van der Waals surface area contributed by atoms with Crippen molar-refractivity contribution in [3.8, 4) is 11.4 Å². The van der Waals surface area contributed by atoms with Crippen LogP contribution in [0.5, 0.6) is 0 Å². The fourth-order valence-corrected chi connectivity index (χ4v) is 6.61. The van der Waals surface area contributed by atoms with Crippen LogP contribution in [0.15, 0.2) is 78.9 Å². The van der Waals surface area contributed by atoms with E-state index in [0.717, 1.165) is 70.1 Å². The zero-order chi connectivity index (χ0) is 26.0. The molecule has 0 spiro atoms. The van der Waals surface area contributed by atoms with Gasteiger partial charge in [0.15, 0.2) is 0 Å². The molecular formula is C31H34Cl2N4. The number of imidazole rings is 1. The van der Waals surface area contributed by atoms with Gasteiger partial charge in [0, 0.05) is 53.4 Å². The van der Waals surface area contributed by atoms with Gasteiger partial charge in [-0.25, -0.2) is 4.98 Å². The Bertz CT molecular complexity index is 1300. The Balaban J connectivity index is 1.85. The Kier molecular flexibility index (Phi) is 7.73. The third kappa shape index (κ3) is 4.72. The molecule has 1 atom stereocenters. The number of hydrogen-bond acceptors (Lipinski definition) is 3. The topological polar surface area (TPSA) is 44.0 Å². The van der Waals surface area contributed by atoms with Crippen LogP contribution in [0.4, 0.5) is 0 Å². The quantitative estimate of drug-likeness (QED) is 0.262. The van der Waals surface area contributed by atoms with Gasteiger partial charge in [0.1, 0.15) is 5.82 Å². The Morgan fingerprint density at radius 3 is 1.89 bits per heavy atom. The minimum Gasteiger partial charge on any atom is -0.342 e. The molecule has 0 saturated carbocycles. The van der Waals surface area contributed by atoms with Crippen molar-refractivity contribution in [2.75, 3.05) is 26.2 Å². The van der Waals surface area contributed by atoms with E-state index in [9.17, 15) is 0 Å². The van der Waals surface area contributed by atoms with Crippen LogP contribution in [-0.4, -0.2) is 41.0 Å². The molecule has 2 N–H and O–H groups in total. The summed E-state index contributed by atoms with van der Waals surface area (Å²) < 4.78 is 0. The average Bonchev–Trinajstić information content (AvgIpc) is 3.31. The van der Waals surface area contributed by atoms with Crippen molar-refractivity contribution in [1.29, 1.82) is 0 Å². The number of aromatic amines is 1. The molecule has 1 aromatic heterocycles. The molecule has 0 aliphatic carbocycles. The van der Waals surface area contributed by atoms with E-state index in [-0.39, 0.29) is 11.8 Å². The highest BCUT2D eigenvalue weighted by atomic mass is 35.5. The summed E-state index contributed by atoms with van der Waals surface area (Å²) in [5.41, 5.74) is 4.80. The van der Waals surface area contributed by atoms with Gasteiger partial charge in [-0.05, 0) is 36.1 Å². The molecule has 4 aromatic rings. The second-order valence-corrected chi connectivity index (χ2v) is 10.9. The maximum Gasteiger partial charge on any atom is 0.137 e. The first-order valence-electron chi connectivity index (χ1n) is 13.0. The lowest BCUT2D eigenvalue weighted by Crippen LogP contribution is -2.60. The van der Waals surface area contributed by atoms with Gasteiger partial charge in [-0.1, -0.05) is 104 Å². The van der Waals surface area contributed by atoms with E-state index in [1.807, 2.05) is 30.3 Å². The highest BCUT2D eigenvalue weighted by molar-refractivity contribution is 6.32. The number of aromatic nitrogens is 2. The monoisotopic (exact) mass is 532 g/mol. The number of halogens is 2. The van der Waals surface area contributed by atoms with E-state index in [1.165, 1.54) is 0 Å². The lowest BCUT2D eigenvalue weighted by molar-refractivity contribution is 0.0109. The van der Waals surface area contributed by atoms with E-state index in [0.29, 0.717) is 0 Å². The molecule has 6 heteroatoms. The zero-order valence-electron chi connectivity index (χ0n) is 21.6. The summed E-state index contributed by atoms with van der Waals surface area (Å²) in [4.78, 5) is 11.6. The molecule has 1 aliphatic heterocycles. The van der Waals surface area contributed by atoms with Gasteiger partial charge in [0.05, 0.1) is 11.2 Å². The van der Waals surface area contributed by atoms with Crippen LogP contribution in [0, 0.1) is 12.8 Å². The number of aryl methyl sites for hydroxylation is 1. The molecule has 0 bridgehead atoms. The third-order valence-electron chi connectivity index (χ3n) is 7.70. The molecular weight excluding hydrogens is 499 g/mol. The molecule has 3 aromatic carbocycles. The van der Waals surface area contributed by atoms with Crippen LogP contribution >= 0.6 is 23.2 Å². The van der Waals surface area contributed by atoms with Crippen molar-refractivity contribution in [3.05, 3.63) is 111 Å². The fourth-order valence-electron chi connectivity index (χ4n) is 6.12. The predicted molar refractivity (Wildman–Crippen MR) is 154 cm³/mol. The number of hydrogen-bond donors (Lipinski definition) is 2. The minimum absolute atomic E-state index is 0.140. The van der Waals surface area contributed by atoms with Gasteiger partial charge in [0.25, 0.3) is 0 Å². The Morgan fingerprint density at radius 2 is 1.35 bits per heavy atom. The first kappa shape index (κ1) is 26.0. The predicted octanol–water partition coefficient (Wildman–Crippen LogP) is 7.28. The standard InChI is InChI=1S/C31H34Cl2N4/c1-21(2)31(37-19-17-34-18-20-37,29-22(3)35-30(36-29)23-11-5-4-6-12-23)28(24-13-7-9-15-26(24)32)25-14-8-10-16-27(25)33/h4-16,21,28,34H,17-20H2,1-3H3,(H,35,36). The lowest BCUT2D eigenvalue weighted by Gasteiger charge is -2.53. The van der Waals surface area contributed by atoms with Gasteiger partial charge >= 0.3 is 0 Å². The summed E-state index contributed by atoms with van der Waals surface area (Å²) >= 11 is 14.0. The average molecular weight is 534 g/mol. The zero-order valence-corrected chi connectivity index (χ0v) is 23.2. The maximum absolute atomic E-state index is 7.00. The Labute approximate surface area is 230 Å². The van der Waals surface area contributed by atoms with E-state index < -0.39 is 5.54 Å². The largest absolute Gasteiger partial charge is 0.342 e. The molecule has 37 heavy (non-hydrogen) atoms. The number of piperazine rings is 1. The van der Waals surface area contributed by atoms with Crippen molar-refractivity contribution in [1.82, 2.24) is 20.2 Å². The van der Waals surface area contributed by atoms with Crippen LogP contribution in [-0.2, 0) is 5.54 Å². The lowest BCUT2D eigenvalue weighted by atomic mass is 9.65. The van der Waals surface area contributed by atoms with Crippen molar-refractivity contribution >= 4 is 23.2 Å². The van der Waals surface area contributed by atoms with Crippen LogP contribution in [0.2, 0.25) is 10.0 Å². The van der Waals surface area contributed by atoms with Gasteiger partial charge in [-0.15, -0.1) is 0 Å². The second kappa shape index (κ2) is 11.0. The Morgan fingerprint density at radius 1 is 0.811 bits per heavy atom. The minimum atomic E-state index is -0.508. The normalized spacial score (nSPS) is 16.3. The number of rotatable bonds is 7. The molecule has 5 rings (SSSR count). The van der Waals surface area contributed by atoms with Crippen LogP contribution < -0.4 is 5.32 Å². The van der Waals surface area contributed by atoms with Gasteiger partial charge in [0.2, 0.25) is 0 Å². The van der Waals surface area contributed by atoms with Gasteiger partial charge < -0.3 is 10.3 Å². The summed E-state index contributed by atoms with van der Waals surface area (Å²) in [5, 5.41) is 5.02. The van der Waals surface area contributed by atoms with E-state index in [2.05, 4.69) is 84.5 Å². The van der Waals surface area contributed by atoms with Crippen molar-refractivity contribution < 1.29 is 0 Å². The highest BCUT2D eigenvalue weighted by Crippen LogP contribution is 2.53. The highest BCUT2D eigenvalue weighted by Gasteiger charge is 2.52. The van der Waals surface area contributed by atoms with E-state index in [1.54, 1.807) is 0 Å². The number of benzene rings is 3. The molecule has 1 unspecified atom stereocenters. The summed E-state index contributed by atoms with van der Waals surface area (Å²) in [5.74, 6) is 0.928. The molecule has 4 nitrogen and oxygen atoms in total. The summed E-state index contributed by atoms with van der Waals surface area (Å²) in [6, 6.07) is 26.7. The SMILES string of the molecule is Cc1[nH]c(-c2ccccc2)nc1C(C(C)C)(C(c1ccccc1Cl)c1ccccc1Cl)N1CCNCC1. The molecule has 1 aliphatic rings. The molecule has 0 radical (unpaired) electrons. The van der Waals surface area contributed by atoms with Crippen LogP contribution in [0.25, 0.3) is 11.4 Å². The van der Waals surface area contributed by atoms with Crippen molar-refractivity contribution in [2.24, 2.45) is 5.92 Å². The molecule has 1 saturated heterocycles. The molecule has 192 valence electrons. The molecule has 1 fully saturated rings. The number of H-pyrrole nitrogens is 1. The van der Waals surface area contributed by atoms with Crippen LogP contribution in [0.1, 0.15) is 42.3 Å². The van der Waals surface area contributed by atoms with Crippen molar-refractivity contribution in [2.45, 2.75) is 32.2 Å². The van der Waals surface area contributed by atoms with E-state index in [4.69, 9.17) is 28.2 Å². The second-order valence-electron chi connectivity index (χ2n) is 10.1. The first-order valence-corrected chi connectivity index (χ1v) is 13.8. The van der Waals surface area contributed by atoms with Crippen molar-refractivity contribution in [3.63, 3.8) is 0 Å². The Hall–Kier alpha value is -2.63. The first-order chi connectivity index (χ1) is 17.9. The van der Waals surface area contributed by atoms with Crippen LogP contribution in [0.3, 0.4) is 0 Å². The fraction of sp³-hybridized carbons (Fsp3) is 0.323. The molecule has 0 amide bonds. The van der Waals surface area contributed by atoms with Gasteiger partial charge in [-0.3, -0.25) is 4.90 Å². The number of nitrogens with one attached hydrogen (secondary N) is 2. The molecule has 2 heterocycles.